The highest BCUT2D eigenvalue weighted by molar-refractivity contribution is 6.30. The molecular formula is C26H25ClN4O4. The third kappa shape index (κ3) is 5.98. The first-order valence-electron chi connectivity index (χ1n) is 11.0. The second kappa shape index (κ2) is 11.0. The van der Waals surface area contributed by atoms with Gasteiger partial charge in [-0.1, -0.05) is 72.3 Å². The van der Waals surface area contributed by atoms with Gasteiger partial charge in [0.2, 0.25) is 5.91 Å². The molecule has 1 atom stereocenters. The van der Waals surface area contributed by atoms with Crippen LogP contribution in [0.25, 0.3) is 0 Å². The lowest BCUT2D eigenvalue weighted by atomic mass is 9.96. The lowest BCUT2D eigenvalue weighted by Crippen LogP contribution is -2.50. The normalized spacial score (nSPS) is 15.7. The van der Waals surface area contributed by atoms with Crippen LogP contribution in [-0.2, 0) is 20.9 Å². The number of hydrogen-bond acceptors (Lipinski definition) is 5. The monoisotopic (exact) mass is 492 g/mol. The van der Waals surface area contributed by atoms with Crippen LogP contribution in [0.1, 0.15) is 22.7 Å². The van der Waals surface area contributed by atoms with Crippen molar-refractivity contribution in [2.45, 2.75) is 12.6 Å². The molecule has 1 aliphatic heterocycles. The molecule has 0 saturated carbocycles. The van der Waals surface area contributed by atoms with E-state index in [1.165, 1.54) is 0 Å². The topological polar surface area (TPSA) is 91.0 Å². The number of carbonyl (C=O) groups excluding carboxylic acids is 3. The number of ether oxygens (including phenoxy) is 1. The molecule has 3 aromatic rings. The number of nitrogens with one attached hydrogen (secondary N) is 2. The van der Waals surface area contributed by atoms with Gasteiger partial charge >= 0.3 is 6.09 Å². The minimum absolute atomic E-state index is 0.0768. The van der Waals surface area contributed by atoms with E-state index in [2.05, 4.69) is 10.7 Å². The van der Waals surface area contributed by atoms with E-state index in [1.54, 1.807) is 35.2 Å². The van der Waals surface area contributed by atoms with Crippen LogP contribution >= 0.6 is 11.6 Å². The number of alkyl carbamates (subject to hydrolysis) is 1. The van der Waals surface area contributed by atoms with Crippen LogP contribution in [-0.4, -0.2) is 43.1 Å². The van der Waals surface area contributed by atoms with Crippen molar-refractivity contribution in [2.75, 3.05) is 25.0 Å². The first-order valence-corrected chi connectivity index (χ1v) is 11.4. The van der Waals surface area contributed by atoms with Crippen molar-refractivity contribution in [3.8, 4) is 0 Å². The first-order chi connectivity index (χ1) is 16.9. The van der Waals surface area contributed by atoms with E-state index in [9.17, 15) is 14.4 Å². The van der Waals surface area contributed by atoms with Gasteiger partial charge in [-0.15, -0.1) is 0 Å². The van der Waals surface area contributed by atoms with Gasteiger partial charge in [0.05, 0.1) is 12.6 Å². The SMILES string of the molecule is CN1C(=O)CN(NC(=O)CNC(=O)OCc2ccccc2)C(c2ccccc2)c2cc(Cl)ccc21. The van der Waals surface area contributed by atoms with Crippen LogP contribution in [0, 0.1) is 0 Å². The largest absolute Gasteiger partial charge is 0.445 e. The predicted molar refractivity (Wildman–Crippen MR) is 133 cm³/mol. The van der Waals surface area contributed by atoms with E-state index in [1.807, 2.05) is 60.7 Å². The standard InChI is InChI=1S/C26H25ClN4O4/c1-30-22-13-12-20(27)14-21(22)25(19-10-6-3-7-11-19)31(16-24(30)33)29-23(32)15-28-26(34)35-17-18-8-4-2-5-9-18/h2-14,25H,15-17H2,1H3,(H,28,34)(H,29,32). The Morgan fingerprint density at radius 3 is 2.43 bits per heavy atom. The number of likely N-dealkylation sites (N-methyl/N-ethyl adjacent to an activating group) is 1. The summed E-state index contributed by atoms with van der Waals surface area (Å²) in [4.78, 5) is 39.3. The number of fused-ring (bicyclic) bond motifs is 1. The van der Waals surface area contributed by atoms with Crippen LogP contribution in [0.15, 0.2) is 78.9 Å². The number of anilines is 1. The Balaban J connectivity index is 1.49. The number of carbonyl (C=O) groups is 3. The molecule has 0 aliphatic carbocycles. The number of amides is 3. The molecule has 1 unspecified atom stereocenters. The zero-order chi connectivity index (χ0) is 24.8. The van der Waals surface area contributed by atoms with Crippen LogP contribution in [0.2, 0.25) is 5.02 Å². The highest BCUT2D eigenvalue weighted by Crippen LogP contribution is 2.38. The van der Waals surface area contributed by atoms with Crippen molar-refractivity contribution in [2.24, 2.45) is 0 Å². The Kier molecular flexibility index (Phi) is 7.64. The molecule has 0 spiro atoms. The Bertz CT molecular complexity index is 1210. The van der Waals surface area contributed by atoms with Crippen molar-refractivity contribution >= 4 is 35.2 Å². The molecule has 0 radical (unpaired) electrons. The second-order valence-corrected chi connectivity index (χ2v) is 8.48. The lowest BCUT2D eigenvalue weighted by molar-refractivity contribution is -0.128. The summed E-state index contributed by atoms with van der Waals surface area (Å²) in [7, 11) is 1.69. The van der Waals surface area contributed by atoms with Gasteiger partial charge in [0.15, 0.2) is 0 Å². The average molecular weight is 493 g/mol. The molecule has 1 heterocycles. The van der Waals surface area contributed by atoms with Crippen LogP contribution in [0.5, 0.6) is 0 Å². The molecule has 3 aromatic carbocycles. The van der Waals surface area contributed by atoms with Crippen LogP contribution in [0.3, 0.4) is 0 Å². The molecule has 180 valence electrons. The minimum Gasteiger partial charge on any atom is -0.445 e. The summed E-state index contributed by atoms with van der Waals surface area (Å²) in [5.74, 6) is -0.703. The molecule has 2 N–H and O–H groups in total. The summed E-state index contributed by atoms with van der Waals surface area (Å²) in [6, 6.07) is 23.6. The zero-order valence-corrected chi connectivity index (χ0v) is 19.9. The Morgan fingerprint density at radius 2 is 1.71 bits per heavy atom. The number of nitrogens with zero attached hydrogens (tertiary/aromatic N) is 2. The molecule has 0 saturated heterocycles. The Morgan fingerprint density at radius 1 is 1.03 bits per heavy atom. The van der Waals surface area contributed by atoms with E-state index < -0.39 is 18.0 Å². The van der Waals surface area contributed by atoms with Crippen molar-refractivity contribution < 1.29 is 19.1 Å². The molecule has 0 aromatic heterocycles. The van der Waals surface area contributed by atoms with Gasteiger partial charge in [0.1, 0.15) is 13.2 Å². The highest BCUT2D eigenvalue weighted by atomic mass is 35.5. The molecular weight excluding hydrogens is 468 g/mol. The summed E-state index contributed by atoms with van der Waals surface area (Å²) in [5.41, 5.74) is 5.96. The molecule has 0 bridgehead atoms. The maximum absolute atomic E-state index is 12.9. The maximum atomic E-state index is 12.9. The summed E-state index contributed by atoms with van der Waals surface area (Å²) < 4.78 is 5.15. The maximum Gasteiger partial charge on any atom is 0.407 e. The third-order valence-electron chi connectivity index (χ3n) is 5.63. The fourth-order valence-electron chi connectivity index (χ4n) is 3.92. The van der Waals surface area contributed by atoms with Crippen LogP contribution < -0.4 is 15.6 Å². The van der Waals surface area contributed by atoms with Crippen molar-refractivity contribution in [1.82, 2.24) is 15.8 Å². The summed E-state index contributed by atoms with van der Waals surface area (Å²) in [6.45, 7) is -0.306. The summed E-state index contributed by atoms with van der Waals surface area (Å²) in [5, 5.41) is 4.52. The highest BCUT2D eigenvalue weighted by Gasteiger charge is 2.34. The van der Waals surface area contributed by atoms with E-state index in [0.717, 1.165) is 16.7 Å². The first kappa shape index (κ1) is 24.3. The lowest BCUT2D eigenvalue weighted by Gasteiger charge is -2.30. The number of rotatable bonds is 6. The van der Waals surface area contributed by atoms with E-state index >= 15 is 0 Å². The number of benzene rings is 3. The zero-order valence-electron chi connectivity index (χ0n) is 19.1. The quantitative estimate of drug-likeness (QED) is 0.548. The molecule has 3 amide bonds. The van der Waals surface area contributed by atoms with Gasteiger partial charge in [-0.25, -0.2) is 4.79 Å². The van der Waals surface area contributed by atoms with Gasteiger partial charge in [-0.05, 0) is 29.3 Å². The number of hydrazine groups is 1. The summed E-state index contributed by atoms with van der Waals surface area (Å²) in [6.07, 6.45) is -0.715. The second-order valence-electron chi connectivity index (χ2n) is 8.05. The average Bonchev–Trinajstić information content (AvgIpc) is 2.96. The van der Waals surface area contributed by atoms with E-state index in [0.29, 0.717) is 10.7 Å². The predicted octanol–water partition coefficient (Wildman–Crippen LogP) is 3.67. The molecule has 0 fully saturated rings. The molecule has 9 heteroatoms. The molecule has 1 aliphatic rings. The smallest absolute Gasteiger partial charge is 0.407 e. The van der Waals surface area contributed by atoms with Gasteiger partial charge in [0, 0.05) is 23.3 Å². The fraction of sp³-hybridized carbons (Fsp3) is 0.192. The Hall–Kier alpha value is -3.88. The van der Waals surface area contributed by atoms with Gasteiger partial charge in [0.25, 0.3) is 5.91 Å². The van der Waals surface area contributed by atoms with Crippen molar-refractivity contribution in [1.29, 1.82) is 0 Å². The van der Waals surface area contributed by atoms with Gasteiger partial charge in [-0.2, -0.15) is 5.01 Å². The van der Waals surface area contributed by atoms with Crippen LogP contribution in [0.4, 0.5) is 10.5 Å². The fourth-order valence-corrected chi connectivity index (χ4v) is 4.10. The molecule has 35 heavy (non-hydrogen) atoms. The van der Waals surface area contributed by atoms with Crippen molar-refractivity contribution in [3.05, 3.63) is 101 Å². The number of hydrogen-bond donors (Lipinski definition) is 2. The van der Waals surface area contributed by atoms with E-state index in [-0.39, 0.29) is 25.6 Å². The third-order valence-corrected chi connectivity index (χ3v) is 5.86. The van der Waals surface area contributed by atoms with Gasteiger partial charge < -0.3 is 15.0 Å². The van der Waals surface area contributed by atoms with Gasteiger partial charge in [-0.3, -0.25) is 15.0 Å². The molecule has 8 nitrogen and oxygen atoms in total. The van der Waals surface area contributed by atoms with Crippen molar-refractivity contribution in [3.63, 3.8) is 0 Å². The Labute approximate surface area is 208 Å². The summed E-state index contributed by atoms with van der Waals surface area (Å²) >= 11 is 6.31. The minimum atomic E-state index is -0.715. The van der Waals surface area contributed by atoms with E-state index in [4.69, 9.17) is 16.3 Å². The number of halogens is 1. The molecule has 4 rings (SSSR count).